The van der Waals surface area contributed by atoms with Gasteiger partial charge >= 0.3 is 0 Å². The number of carbonyl (C=O) groups is 2. The number of ketones is 1. The molecule has 2 aromatic carbocycles. The zero-order valence-electron chi connectivity index (χ0n) is 19.3. The van der Waals surface area contributed by atoms with Crippen LogP contribution in [0.4, 0.5) is 0 Å². The lowest BCUT2D eigenvalue weighted by molar-refractivity contribution is -0.858. The number of Topliss-reactive ketones (excluding diaryl/α,β-unsaturated/α-hetero) is 1. The third kappa shape index (κ3) is 5.19. The number of hydrogen-bond acceptors (Lipinski definition) is 4. The van der Waals surface area contributed by atoms with E-state index in [0.29, 0.717) is 24.5 Å². The molecule has 1 unspecified atom stereocenters. The molecule has 1 N–H and O–H groups in total. The highest BCUT2D eigenvalue weighted by atomic mass is 16.5. The summed E-state index contributed by atoms with van der Waals surface area (Å²) in [6.07, 6.45) is 1.63. The Morgan fingerprint density at radius 1 is 1.06 bits per heavy atom. The number of nitrogens with zero attached hydrogens (tertiary/aromatic N) is 1. The summed E-state index contributed by atoms with van der Waals surface area (Å²) in [6.45, 7) is 5.88. The summed E-state index contributed by atoms with van der Waals surface area (Å²) >= 11 is 0. The molecule has 170 valence electrons. The summed E-state index contributed by atoms with van der Waals surface area (Å²) in [6, 6.07) is 13.8. The molecule has 0 bridgehead atoms. The summed E-state index contributed by atoms with van der Waals surface area (Å²) in [5.41, 5.74) is 2.25. The van der Waals surface area contributed by atoms with Gasteiger partial charge in [0.05, 0.1) is 33.3 Å². The van der Waals surface area contributed by atoms with Crippen LogP contribution in [0.1, 0.15) is 42.5 Å². The maximum Gasteiger partial charge on any atom is 0.295 e. The first-order valence-electron chi connectivity index (χ1n) is 11.2. The Hall–Kier alpha value is -3.12. The first-order chi connectivity index (χ1) is 15.3. The monoisotopic (exact) mass is 436 g/mol. The third-order valence-electron chi connectivity index (χ3n) is 5.59. The lowest BCUT2D eigenvalue weighted by Gasteiger charge is -2.27. The molecule has 6 heteroatoms. The average Bonchev–Trinajstić information content (AvgIpc) is 3.03. The zero-order chi connectivity index (χ0) is 23.3. The Bertz CT molecular complexity index is 978. The molecule has 6 nitrogen and oxygen atoms in total. The molecule has 0 radical (unpaired) electrons. The SMILES string of the molecule is CCCOc1ccc(C([O-])=C2C(=O)C(=O)N(CCC[NH+](C)C)C2c2ccc(C)cc2)cc1. The molecule has 1 aliphatic heterocycles. The molecule has 1 aliphatic rings. The van der Waals surface area contributed by atoms with Crippen LogP contribution in [0.15, 0.2) is 54.1 Å². The second-order valence-electron chi connectivity index (χ2n) is 8.57. The van der Waals surface area contributed by atoms with Crippen molar-refractivity contribution >= 4 is 17.4 Å². The Morgan fingerprint density at radius 2 is 1.72 bits per heavy atom. The minimum atomic E-state index is -0.705. The number of likely N-dealkylation sites (tertiary alicyclic amines) is 1. The van der Waals surface area contributed by atoms with Crippen LogP contribution >= 0.6 is 0 Å². The van der Waals surface area contributed by atoms with Crippen LogP contribution in [0.5, 0.6) is 5.75 Å². The molecular weight excluding hydrogens is 404 g/mol. The first kappa shape index (κ1) is 23.5. The normalized spacial score (nSPS) is 17.9. The molecule has 1 fully saturated rings. The average molecular weight is 437 g/mol. The van der Waals surface area contributed by atoms with Crippen molar-refractivity contribution in [2.24, 2.45) is 0 Å². The first-order valence-corrected chi connectivity index (χ1v) is 11.2. The number of quaternary nitrogens is 1. The molecule has 0 aromatic heterocycles. The van der Waals surface area contributed by atoms with E-state index in [1.165, 1.54) is 4.90 Å². The Labute approximate surface area is 190 Å². The third-order valence-corrected chi connectivity index (χ3v) is 5.59. The van der Waals surface area contributed by atoms with E-state index in [9.17, 15) is 14.7 Å². The van der Waals surface area contributed by atoms with Crippen LogP contribution in [0.3, 0.4) is 0 Å². The van der Waals surface area contributed by atoms with E-state index in [-0.39, 0.29) is 5.57 Å². The lowest BCUT2D eigenvalue weighted by atomic mass is 9.94. The minimum absolute atomic E-state index is 0.0262. The number of ether oxygens (including phenoxy) is 1. The Kier molecular flexibility index (Phi) is 7.70. The van der Waals surface area contributed by atoms with E-state index < -0.39 is 23.5 Å². The van der Waals surface area contributed by atoms with Crippen LogP contribution < -0.4 is 14.7 Å². The Balaban J connectivity index is 2.01. The topological polar surface area (TPSA) is 74.1 Å². The fourth-order valence-electron chi connectivity index (χ4n) is 3.88. The maximum absolute atomic E-state index is 13.4. The largest absolute Gasteiger partial charge is 0.872 e. The van der Waals surface area contributed by atoms with Crippen molar-refractivity contribution in [2.75, 3.05) is 33.8 Å². The van der Waals surface area contributed by atoms with Crippen LogP contribution in [0.25, 0.3) is 5.76 Å². The minimum Gasteiger partial charge on any atom is -0.872 e. The van der Waals surface area contributed by atoms with E-state index in [4.69, 9.17) is 4.74 Å². The molecule has 2 aromatic rings. The van der Waals surface area contributed by atoms with Crippen molar-refractivity contribution in [2.45, 2.75) is 32.7 Å². The molecular formula is C26H32N2O4. The Morgan fingerprint density at radius 3 is 2.31 bits per heavy atom. The lowest BCUT2D eigenvalue weighted by Crippen LogP contribution is -3.05. The van der Waals surface area contributed by atoms with Gasteiger partial charge in [-0.3, -0.25) is 9.59 Å². The summed E-state index contributed by atoms with van der Waals surface area (Å²) < 4.78 is 5.59. The predicted molar refractivity (Wildman–Crippen MR) is 122 cm³/mol. The highest BCUT2D eigenvalue weighted by Crippen LogP contribution is 2.38. The van der Waals surface area contributed by atoms with E-state index in [1.807, 2.05) is 52.2 Å². The standard InChI is InChI=1S/C26H32N2O4/c1-5-17-32-21-13-11-20(12-14-21)24(29)22-23(19-9-7-18(2)8-10-19)28(26(31)25(22)30)16-6-15-27(3)4/h7-14,23,29H,5-6,15-17H2,1-4H3. The van der Waals surface area contributed by atoms with Gasteiger partial charge in [-0.25, -0.2) is 0 Å². The van der Waals surface area contributed by atoms with Crippen molar-refractivity contribution in [1.29, 1.82) is 0 Å². The van der Waals surface area contributed by atoms with Crippen LogP contribution in [0, 0.1) is 6.92 Å². The number of nitrogens with one attached hydrogen (secondary N) is 1. The van der Waals surface area contributed by atoms with Crippen LogP contribution in [-0.4, -0.2) is 50.4 Å². The van der Waals surface area contributed by atoms with Gasteiger partial charge < -0.3 is 19.6 Å². The van der Waals surface area contributed by atoms with E-state index >= 15 is 0 Å². The number of rotatable bonds is 9. The summed E-state index contributed by atoms with van der Waals surface area (Å²) in [5.74, 6) is -1.04. The van der Waals surface area contributed by atoms with Gasteiger partial charge in [-0.1, -0.05) is 54.6 Å². The number of aryl methyl sites for hydroxylation is 1. The van der Waals surface area contributed by atoms with Crippen LogP contribution in [-0.2, 0) is 9.59 Å². The van der Waals surface area contributed by atoms with Crippen molar-refractivity contribution in [3.63, 3.8) is 0 Å². The van der Waals surface area contributed by atoms with E-state index in [0.717, 1.165) is 30.5 Å². The quantitative estimate of drug-likeness (QED) is 0.368. The highest BCUT2D eigenvalue weighted by Gasteiger charge is 2.43. The van der Waals surface area contributed by atoms with Gasteiger partial charge in [0.15, 0.2) is 0 Å². The van der Waals surface area contributed by atoms with E-state index in [2.05, 4.69) is 0 Å². The maximum atomic E-state index is 13.4. The van der Waals surface area contributed by atoms with Gasteiger partial charge in [-0.2, -0.15) is 0 Å². The summed E-state index contributed by atoms with van der Waals surface area (Å²) in [7, 11) is 4.09. The molecule has 0 saturated carbocycles. The molecule has 1 heterocycles. The van der Waals surface area contributed by atoms with Crippen molar-refractivity contribution < 1.29 is 24.3 Å². The fourth-order valence-corrected chi connectivity index (χ4v) is 3.88. The molecule has 32 heavy (non-hydrogen) atoms. The molecule has 1 atom stereocenters. The summed E-state index contributed by atoms with van der Waals surface area (Å²) in [4.78, 5) is 28.8. The second-order valence-corrected chi connectivity index (χ2v) is 8.57. The molecule has 3 rings (SSSR count). The second kappa shape index (κ2) is 10.5. The van der Waals surface area contributed by atoms with Gasteiger partial charge in [-0.15, -0.1) is 0 Å². The molecule has 0 spiro atoms. The molecule has 1 amide bonds. The smallest absolute Gasteiger partial charge is 0.295 e. The van der Waals surface area contributed by atoms with E-state index in [1.54, 1.807) is 29.2 Å². The number of hydrogen-bond donors (Lipinski definition) is 1. The van der Waals surface area contributed by atoms with Gasteiger partial charge in [0.1, 0.15) is 5.75 Å². The van der Waals surface area contributed by atoms with Crippen molar-refractivity contribution in [3.8, 4) is 5.75 Å². The number of benzene rings is 2. The molecule has 1 saturated heterocycles. The van der Waals surface area contributed by atoms with Crippen molar-refractivity contribution in [3.05, 3.63) is 70.8 Å². The number of carbonyl (C=O) groups excluding carboxylic acids is 2. The fraction of sp³-hybridized carbons (Fsp3) is 0.385. The summed E-state index contributed by atoms with van der Waals surface area (Å²) in [5, 5.41) is 13.4. The van der Waals surface area contributed by atoms with Gasteiger partial charge in [0.2, 0.25) is 5.78 Å². The van der Waals surface area contributed by atoms with Crippen LogP contribution in [0.2, 0.25) is 0 Å². The van der Waals surface area contributed by atoms with Gasteiger partial charge in [0.25, 0.3) is 5.91 Å². The predicted octanol–water partition coefficient (Wildman–Crippen LogP) is 1.54. The van der Waals surface area contributed by atoms with Crippen molar-refractivity contribution in [1.82, 2.24) is 4.90 Å². The van der Waals surface area contributed by atoms with Gasteiger partial charge in [-0.05, 0) is 36.6 Å². The van der Waals surface area contributed by atoms with Gasteiger partial charge in [0, 0.05) is 18.5 Å². The zero-order valence-corrected chi connectivity index (χ0v) is 19.3. The molecule has 0 aliphatic carbocycles. The highest BCUT2D eigenvalue weighted by molar-refractivity contribution is 6.46. The number of amides is 1.